The summed E-state index contributed by atoms with van der Waals surface area (Å²) in [6, 6.07) is 17.6. The molecule has 0 radical (unpaired) electrons. The zero-order valence-corrected chi connectivity index (χ0v) is 13.9. The molecule has 1 aromatic heterocycles. The zero-order chi connectivity index (χ0) is 17.1. The second kappa shape index (κ2) is 6.70. The minimum Gasteiger partial charge on any atom is -0.457 e. The number of ether oxygens (including phenoxy) is 1. The minimum absolute atomic E-state index is 0.527. The summed E-state index contributed by atoms with van der Waals surface area (Å²) in [7, 11) is 0. The van der Waals surface area contributed by atoms with Crippen molar-refractivity contribution in [1.82, 2.24) is 14.9 Å². The third-order valence-electron chi connectivity index (χ3n) is 4.47. The fourth-order valence-electron chi connectivity index (χ4n) is 3.20. The summed E-state index contributed by atoms with van der Waals surface area (Å²) in [5.74, 6) is 2.40. The van der Waals surface area contributed by atoms with Gasteiger partial charge in [-0.3, -0.25) is 0 Å². The van der Waals surface area contributed by atoms with Crippen molar-refractivity contribution in [1.29, 1.82) is 0 Å². The smallest absolute Gasteiger partial charge is 0.140 e. The number of hydrogen-bond donors (Lipinski definition) is 2. The maximum atomic E-state index is 10.6. The molecule has 2 aromatic carbocycles. The first-order chi connectivity index (χ1) is 12.2. The fraction of sp³-hybridized carbons (Fsp3) is 0.250. The molecule has 1 aliphatic heterocycles. The van der Waals surface area contributed by atoms with E-state index in [9.17, 15) is 5.11 Å². The monoisotopic (exact) mass is 335 g/mol. The van der Waals surface area contributed by atoms with Gasteiger partial charge >= 0.3 is 0 Å². The van der Waals surface area contributed by atoms with Gasteiger partial charge in [0.2, 0.25) is 0 Å². The molecule has 0 aliphatic carbocycles. The topological polar surface area (TPSA) is 59.3 Å². The molecule has 0 bridgehead atoms. The van der Waals surface area contributed by atoms with E-state index in [0.29, 0.717) is 13.1 Å². The molecule has 3 aromatic rings. The van der Waals surface area contributed by atoms with E-state index in [-0.39, 0.29) is 0 Å². The number of aliphatic hydroxyl groups is 1. The third-order valence-corrected chi connectivity index (χ3v) is 4.47. The maximum absolute atomic E-state index is 10.6. The van der Waals surface area contributed by atoms with Gasteiger partial charge in [-0.2, -0.15) is 0 Å². The molecular formula is C20H21N3O2. The molecule has 0 saturated carbocycles. The molecule has 25 heavy (non-hydrogen) atoms. The SMILES string of the molecule is OC1(Cn2ccnc2-c2cccc(Oc3ccccc3)c2)CCNC1. The lowest BCUT2D eigenvalue weighted by molar-refractivity contribution is 0.0436. The predicted octanol–water partition coefficient (Wildman–Crippen LogP) is 3.07. The van der Waals surface area contributed by atoms with E-state index < -0.39 is 5.60 Å². The molecule has 4 rings (SSSR count). The summed E-state index contributed by atoms with van der Waals surface area (Å²) < 4.78 is 7.92. The second-order valence-corrected chi connectivity index (χ2v) is 6.47. The summed E-state index contributed by atoms with van der Waals surface area (Å²) in [5, 5.41) is 13.9. The van der Waals surface area contributed by atoms with Crippen LogP contribution in [0.3, 0.4) is 0 Å². The van der Waals surface area contributed by atoms with E-state index in [1.807, 2.05) is 65.4 Å². The number of hydrogen-bond acceptors (Lipinski definition) is 4. The van der Waals surface area contributed by atoms with Crippen LogP contribution < -0.4 is 10.1 Å². The van der Waals surface area contributed by atoms with Crippen LogP contribution in [0, 0.1) is 0 Å². The van der Waals surface area contributed by atoms with Crippen LogP contribution in [0.25, 0.3) is 11.4 Å². The van der Waals surface area contributed by atoms with Crippen LogP contribution in [0.4, 0.5) is 0 Å². The highest BCUT2D eigenvalue weighted by Gasteiger charge is 2.32. The Kier molecular flexibility index (Phi) is 4.26. The van der Waals surface area contributed by atoms with Gasteiger partial charge in [0.25, 0.3) is 0 Å². The van der Waals surface area contributed by atoms with Crippen molar-refractivity contribution in [3.05, 3.63) is 67.0 Å². The number of nitrogens with zero attached hydrogens (tertiary/aromatic N) is 2. The van der Waals surface area contributed by atoms with Crippen molar-refractivity contribution >= 4 is 0 Å². The number of rotatable bonds is 5. The average Bonchev–Trinajstić information content (AvgIpc) is 3.25. The zero-order valence-electron chi connectivity index (χ0n) is 13.9. The number of benzene rings is 2. The van der Waals surface area contributed by atoms with Crippen molar-refractivity contribution in [3.8, 4) is 22.9 Å². The Morgan fingerprint density at radius 3 is 2.76 bits per heavy atom. The Morgan fingerprint density at radius 2 is 1.96 bits per heavy atom. The van der Waals surface area contributed by atoms with Crippen molar-refractivity contribution in [2.75, 3.05) is 13.1 Å². The van der Waals surface area contributed by atoms with Crippen LogP contribution in [-0.2, 0) is 6.54 Å². The normalized spacial score (nSPS) is 19.9. The molecule has 1 saturated heterocycles. The lowest BCUT2D eigenvalue weighted by Gasteiger charge is -2.23. The van der Waals surface area contributed by atoms with E-state index in [1.54, 1.807) is 6.20 Å². The minimum atomic E-state index is -0.715. The molecule has 1 fully saturated rings. The Morgan fingerprint density at radius 1 is 1.12 bits per heavy atom. The predicted molar refractivity (Wildman–Crippen MR) is 96.6 cm³/mol. The van der Waals surface area contributed by atoms with E-state index in [1.165, 1.54) is 0 Å². The molecule has 5 heteroatoms. The number of imidazole rings is 1. The van der Waals surface area contributed by atoms with Crippen molar-refractivity contribution < 1.29 is 9.84 Å². The second-order valence-electron chi connectivity index (χ2n) is 6.47. The lowest BCUT2D eigenvalue weighted by atomic mass is 10.0. The van der Waals surface area contributed by atoms with E-state index in [2.05, 4.69) is 10.3 Å². The van der Waals surface area contributed by atoms with Gasteiger partial charge in [0.05, 0.1) is 12.1 Å². The largest absolute Gasteiger partial charge is 0.457 e. The molecule has 2 N–H and O–H groups in total. The quantitative estimate of drug-likeness (QED) is 0.752. The van der Waals surface area contributed by atoms with Gasteiger partial charge < -0.3 is 19.7 Å². The summed E-state index contributed by atoms with van der Waals surface area (Å²) in [6.07, 6.45) is 4.43. The number of β-amino-alcohol motifs (C(OH)–C–C–N with tert-alkyl or cyclic N) is 1. The molecule has 0 spiro atoms. The van der Waals surface area contributed by atoms with Gasteiger partial charge in [-0.15, -0.1) is 0 Å². The van der Waals surface area contributed by atoms with Gasteiger partial charge in [0, 0.05) is 24.5 Å². The molecule has 1 aliphatic rings. The van der Waals surface area contributed by atoms with Crippen molar-refractivity contribution in [2.24, 2.45) is 0 Å². The van der Waals surface area contributed by atoms with Gasteiger partial charge in [-0.25, -0.2) is 4.98 Å². The number of aromatic nitrogens is 2. The van der Waals surface area contributed by atoms with Gasteiger partial charge in [-0.1, -0.05) is 30.3 Å². The molecule has 1 unspecified atom stereocenters. The van der Waals surface area contributed by atoms with Crippen molar-refractivity contribution in [2.45, 2.75) is 18.6 Å². The standard InChI is InChI=1S/C20H21N3O2/c24-20(9-10-21-14-20)15-23-12-11-22-19(23)16-5-4-8-18(13-16)25-17-6-2-1-3-7-17/h1-8,11-13,21,24H,9-10,14-15H2. The van der Waals surface area contributed by atoms with Crippen LogP contribution in [0.1, 0.15) is 6.42 Å². The molecule has 5 nitrogen and oxygen atoms in total. The van der Waals surface area contributed by atoms with Gasteiger partial charge in [0.15, 0.2) is 0 Å². The van der Waals surface area contributed by atoms with Crippen LogP contribution in [0.5, 0.6) is 11.5 Å². The Balaban J connectivity index is 1.58. The summed E-state index contributed by atoms with van der Waals surface area (Å²) in [4.78, 5) is 4.48. The fourth-order valence-corrected chi connectivity index (χ4v) is 3.20. The summed E-state index contributed by atoms with van der Waals surface area (Å²) >= 11 is 0. The van der Waals surface area contributed by atoms with Crippen molar-refractivity contribution in [3.63, 3.8) is 0 Å². The number of para-hydroxylation sites is 1. The maximum Gasteiger partial charge on any atom is 0.140 e. The highest BCUT2D eigenvalue weighted by atomic mass is 16.5. The Bertz CT molecular complexity index is 839. The molecule has 0 amide bonds. The van der Waals surface area contributed by atoms with Crippen LogP contribution >= 0.6 is 0 Å². The summed E-state index contributed by atoms with van der Waals surface area (Å²) in [6.45, 7) is 1.99. The first-order valence-corrected chi connectivity index (χ1v) is 8.49. The molecular weight excluding hydrogens is 314 g/mol. The molecule has 1 atom stereocenters. The third kappa shape index (κ3) is 3.57. The average molecular weight is 335 g/mol. The highest BCUT2D eigenvalue weighted by molar-refractivity contribution is 5.58. The van der Waals surface area contributed by atoms with E-state index in [0.717, 1.165) is 35.9 Å². The Labute approximate surface area is 146 Å². The number of nitrogens with one attached hydrogen (secondary N) is 1. The van der Waals surface area contributed by atoms with Gasteiger partial charge in [0.1, 0.15) is 17.3 Å². The van der Waals surface area contributed by atoms with Crippen LogP contribution in [0.2, 0.25) is 0 Å². The highest BCUT2D eigenvalue weighted by Crippen LogP contribution is 2.28. The van der Waals surface area contributed by atoms with E-state index in [4.69, 9.17) is 4.74 Å². The molecule has 2 heterocycles. The lowest BCUT2D eigenvalue weighted by Crippen LogP contribution is -2.36. The van der Waals surface area contributed by atoms with Gasteiger partial charge in [-0.05, 0) is 37.2 Å². The molecule has 128 valence electrons. The van der Waals surface area contributed by atoms with Crippen LogP contribution in [-0.4, -0.2) is 33.3 Å². The summed E-state index contributed by atoms with van der Waals surface area (Å²) in [5.41, 5.74) is 0.251. The first-order valence-electron chi connectivity index (χ1n) is 8.49. The van der Waals surface area contributed by atoms with E-state index >= 15 is 0 Å². The van der Waals surface area contributed by atoms with Crippen LogP contribution in [0.15, 0.2) is 67.0 Å². The first kappa shape index (κ1) is 15.9. The Hall–Kier alpha value is -2.63.